The second-order valence-electron chi connectivity index (χ2n) is 8.15. The summed E-state index contributed by atoms with van der Waals surface area (Å²) in [6.45, 7) is 3.82. The first kappa shape index (κ1) is 20.5. The van der Waals surface area contributed by atoms with Gasteiger partial charge in [-0.2, -0.15) is 5.26 Å². The van der Waals surface area contributed by atoms with E-state index in [1.165, 1.54) is 0 Å². The van der Waals surface area contributed by atoms with Crippen LogP contribution >= 0.6 is 0 Å². The van der Waals surface area contributed by atoms with Crippen LogP contribution in [0.3, 0.4) is 0 Å². The number of benzene rings is 2. The third kappa shape index (κ3) is 3.30. The van der Waals surface area contributed by atoms with Gasteiger partial charge in [0, 0.05) is 7.05 Å². The van der Waals surface area contributed by atoms with E-state index in [4.69, 9.17) is 0 Å². The smallest absolute Gasteiger partial charge is 0.262 e. The number of para-hydroxylation sites is 2. The molecule has 1 aliphatic rings. The number of imide groups is 1. The number of carbonyl (C=O) groups is 3. The van der Waals surface area contributed by atoms with Crippen molar-refractivity contribution < 1.29 is 14.4 Å². The summed E-state index contributed by atoms with van der Waals surface area (Å²) in [7, 11) is 1.75. The Morgan fingerprint density at radius 1 is 1.03 bits per heavy atom. The summed E-state index contributed by atoms with van der Waals surface area (Å²) < 4.78 is 1.72. The number of hydrogen-bond donors (Lipinski definition) is 0. The van der Waals surface area contributed by atoms with Gasteiger partial charge in [-0.3, -0.25) is 19.3 Å². The van der Waals surface area contributed by atoms with Gasteiger partial charge in [-0.15, -0.1) is 0 Å². The van der Waals surface area contributed by atoms with Crippen LogP contribution in [-0.4, -0.2) is 38.1 Å². The highest BCUT2D eigenvalue weighted by atomic mass is 16.2. The van der Waals surface area contributed by atoms with Gasteiger partial charge in [0.15, 0.2) is 11.7 Å². The molecule has 0 radical (unpaired) electrons. The van der Waals surface area contributed by atoms with E-state index in [2.05, 4.69) is 11.1 Å². The van der Waals surface area contributed by atoms with E-state index in [-0.39, 0.29) is 23.5 Å². The fraction of sp³-hybridized carbons (Fsp3) is 0.292. The Morgan fingerprint density at radius 2 is 1.61 bits per heavy atom. The number of amides is 2. The first-order chi connectivity index (χ1) is 14.8. The highest BCUT2D eigenvalue weighted by Gasteiger charge is 2.45. The monoisotopic (exact) mass is 414 g/mol. The zero-order valence-electron chi connectivity index (χ0n) is 17.6. The molecule has 2 amide bonds. The fourth-order valence-corrected chi connectivity index (χ4v) is 4.15. The molecule has 1 aromatic heterocycles. The number of hydrogen-bond acceptors (Lipinski definition) is 5. The largest absolute Gasteiger partial charge is 0.330 e. The van der Waals surface area contributed by atoms with Crippen molar-refractivity contribution in [1.29, 1.82) is 5.26 Å². The zero-order chi connectivity index (χ0) is 22.3. The number of aromatic nitrogens is 2. The summed E-state index contributed by atoms with van der Waals surface area (Å²) in [6.07, 6.45) is 0.270. The van der Waals surface area contributed by atoms with Gasteiger partial charge < -0.3 is 4.57 Å². The second-order valence-corrected chi connectivity index (χ2v) is 8.15. The Balaban J connectivity index is 1.76. The third-order valence-corrected chi connectivity index (χ3v) is 5.65. The molecule has 156 valence electrons. The normalized spacial score (nSPS) is 15.3. The van der Waals surface area contributed by atoms with Crippen molar-refractivity contribution in [1.82, 2.24) is 14.5 Å². The lowest BCUT2D eigenvalue weighted by Gasteiger charge is -2.28. The highest BCUT2D eigenvalue weighted by molar-refractivity contribution is 6.23. The number of nitriles is 1. The average molecular weight is 414 g/mol. The molecular formula is C24H22N4O3. The number of carbonyl (C=O) groups excluding carboxylic acids is 3. The molecule has 0 bridgehead atoms. The average Bonchev–Trinajstić information content (AvgIpc) is 3.22. The summed E-state index contributed by atoms with van der Waals surface area (Å²) in [5, 5.41) is 9.92. The summed E-state index contributed by atoms with van der Waals surface area (Å²) in [4.78, 5) is 45.3. The van der Waals surface area contributed by atoms with Gasteiger partial charge in [-0.05, 0) is 36.6 Å². The van der Waals surface area contributed by atoms with Crippen LogP contribution < -0.4 is 0 Å². The molecule has 1 aliphatic heterocycles. The number of rotatable bonds is 6. The molecule has 0 saturated heterocycles. The molecule has 2 heterocycles. The Morgan fingerprint density at radius 3 is 2.16 bits per heavy atom. The van der Waals surface area contributed by atoms with E-state index in [9.17, 15) is 19.6 Å². The van der Waals surface area contributed by atoms with Crippen LogP contribution in [-0.2, 0) is 11.8 Å². The van der Waals surface area contributed by atoms with Gasteiger partial charge in [0.1, 0.15) is 11.9 Å². The molecular weight excluding hydrogens is 392 g/mol. The minimum absolute atomic E-state index is 0.0260. The van der Waals surface area contributed by atoms with Gasteiger partial charge in [0.05, 0.1) is 28.2 Å². The van der Waals surface area contributed by atoms with Crippen molar-refractivity contribution in [2.45, 2.75) is 32.2 Å². The molecule has 2 aromatic carbocycles. The molecule has 7 heteroatoms. The van der Waals surface area contributed by atoms with Crippen molar-refractivity contribution in [3.8, 4) is 6.07 Å². The maximum absolute atomic E-state index is 13.6. The summed E-state index contributed by atoms with van der Waals surface area (Å²) in [6, 6.07) is 14.9. The topological polar surface area (TPSA) is 96.1 Å². The quantitative estimate of drug-likeness (QED) is 0.576. The van der Waals surface area contributed by atoms with Crippen molar-refractivity contribution in [3.63, 3.8) is 0 Å². The maximum Gasteiger partial charge on any atom is 0.262 e. The van der Waals surface area contributed by atoms with E-state index >= 15 is 0 Å². The zero-order valence-corrected chi connectivity index (χ0v) is 17.6. The molecule has 0 spiro atoms. The Labute approximate surface area is 179 Å². The molecule has 0 fully saturated rings. The first-order valence-electron chi connectivity index (χ1n) is 10.2. The number of imidazole rings is 1. The van der Waals surface area contributed by atoms with Crippen LogP contribution in [0.4, 0.5) is 0 Å². The van der Waals surface area contributed by atoms with Crippen LogP contribution in [0.1, 0.15) is 52.7 Å². The molecule has 3 aromatic rings. The van der Waals surface area contributed by atoms with Crippen LogP contribution in [0.15, 0.2) is 48.5 Å². The van der Waals surface area contributed by atoms with E-state index in [1.807, 2.05) is 38.1 Å². The lowest BCUT2D eigenvalue weighted by atomic mass is 9.91. The van der Waals surface area contributed by atoms with Crippen LogP contribution in [0.5, 0.6) is 0 Å². The predicted molar refractivity (Wildman–Crippen MR) is 114 cm³/mol. The van der Waals surface area contributed by atoms with Gasteiger partial charge in [0.2, 0.25) is 0 Å². The van der Waals surface area contributed by atoms with Crippen molar-refractivity contribution in [2.75, 3.05) is 0 Å². The molecule has 0 saturated carbocycles. The molecule has 4 rings (SSSR count). The fourth-order valence-electron chi connectivity index (χ4n) is 4.15. The number of Topliss-reactive ketones (excluding diaryl/α,β-unsaturated/α-hetero) is 1. The summed E-state index contributed by atoms with van der Waals surface area (Å²) in [5.74, 6) is -2.37. The van der Waals surface area contributed by atoms with Crippen molar-refractivity contribution >= 4 is 28.6 Å². The molecule has 0 N–H and O–H groups in total. The van der Waals surface area contributed by atoms with Crippen LogP contribution in [0, 0.1) is 17.2 Å². The second kappa shape index (κ2) is 7.80. The van der Waals surface area contributed by atoms with Crippen molar-refractivity contribution in [2.24, 2.45) is 13.0 Å². The highest BCUT2D eigenvalue weighted by Crippen LogP contribution is 2.31. The van der Waals surface area contributed by atoms with Gasteiger partial charge >= 0.3 is 0 Å². The standard InChI is InChI=1S/C24H22N4O3/c1-14(2)12-20(28-23(30)15-8-4-5-9-16(15)24(28)31)21(29)17(13-25)22-26-18-10-6-7-11-19(18)27(22)3/h4-11,14,17,20H,12H2,1-3H3/t17-,20-/m0/s1. The number of nitrogens with zero attached hydrogens (tertiary/aromatic N) is 4. The minimum Gasteiger partial charge on any atom is -0.330 e. The lowest BCUT2D eigenvalue weighted by molar-refractivity contribution is -0.123. The van der Waals surface area contributed by atoms with Gasteiger partial charge in [-0.1, -0.05) is 38.1 Å². The van der Waals surface area contributed by atoms with E-state index in [1.54, 1.807) is 35.9 Å². The van der Waals surface area contributed by atoms with Crippen molar-refractivity contribution in [3.05, 3.63) is 65.5 Å². The van der Waals surface area contributed by atoms with Crippen LogP contribution in [0.25, 0.3) is 11.0 Å². The van der Waals surface area contributed by atoms with Gasteiger partial charge in [0.25, 0.3) is 11.8 Å². The number of fused-ring (bicyclic) bond motifs is 2. The SMILES string of the molecule is CC(C)C[C@@H](C(=O)[C@H](C#N)c1nc2ccccc2n1C)N1C(=O)c2ccccc2C1=O. The summed E-state index contributed by atoms with van der Waals surface area (Å²) >= 11 is 0. The molecule has 0 unspecified atom stereocenters. The number of aryl methyl sites for hydroxylation is 1. The Bertz CT molecular complexity index is 1220. The molecule has 2 atom stereocenters. The van der Waals surface area contributed by atoms with E-state index < -0.39 is 29.6 Å². The number of ketones is 1. The molecule has 31 heavy (non-hydrogen) atoms. The van der Waals surface area contributed by atoms with E-state index in [0.29, 0.717) is 11.3 Å². The molecule has 7 nitrogen and oxygen atoms in total. The minimum atomic E-state index is -1.20. The Kier molecular flexibility index (Phi) is 5.15. The van der Waals surface area contributed by atoms with Gasteiger partial charge in [-0.25, -0.2) is 4.98 Å². The predicted octanol–water partition coefficient (Wildman–Crippen LogP) is 3.46. The third-order valence-electron chi connectivity index (χ3n) is 5.65. The molecule has 0 aliphatic carbocycles. The first-order valence-corrected chi connectivity index (χ1v) is 10.2. The van der Waals surface area contributed by atoms with E-state index in [0.717, 1.165) is 10.4 Å². The lowest BCUT2D eigenvalue weighted by Crippen LogP contribution is -2.47. The van der Waals surface area contributed by atoms with Crippen LogP contribution in [0.2, 0.25) is 0 Å². The Hall–Kier alpha value is -3.79. The maximum atomic E-state index is 13.6. The summed E-state index contributed by atoms with van der Waals surface area (Å²) in [5.41, 5.74) is 2.04.